The van der Waals surface area contributed by atoms with Gasteiger partial charge in [0.1, 0.15) is 17.7 Å². The van der Waals surface area contributed by atoms with Gasteiger partial charge in [-0.2, -0.15) is 4.31 Å². The summed E-state index contributed by atoms with van der Waals surface area (Å²) in [5.74, 6) is -0.683. The third kappa shape index (κ3) is 7.24. The Balaban J connectivity index is 1.67. The van der Waals surface area contributed by atoms with Gasteiger partial charge in [0.15, 0.2) is 5.75 Å². The Morgan fingerprint density at radius 1 is 1.14 bits per heavy atom. The maximum atomic E-state index is 13.7. The molecule has 1 aliphatic heterocycles. The Morgan fingerprint density at radius 2 is 1.81 bits per heavy atom. The predicted octanol–water partition coefficient (Wildman–Crippen LogP) is 4.02. The van der Waals surface area contributed by atoms with Crippen LogP contribution in [-0.4, -0.2) is 80.7 Å². The molecule has 230 valence electrons. The highest BCUT2D eigenvalue weighted by molar-refractivity contribution is 7.89. The van der Waals surface area contributed by atoms with Crippen molar-refractivity contribution in [2.24, 2.45) is 5.92 Å². The standard InChI is InChI=1S/C30H35FN4O7S/c1-19-16-35(20(2)18-36)29(37)25-6-5-7-26(33-30(38)32-22-10-8-21(31)9-11-22)28(25)42-27(19)17-34(3)43(39,40)24-14-12-23(41-4)13-15-24/h5-15,19-20,27,36H,16-18H2,1-4H3,(H2,32,33,38)/t19-,20-,27+/m0/s1. The second-order valence-electron chi connectivity index (χ2n) is 10.4. The van der Waals surface area contributed by atoms with Crippen molar-refractivity contribution in [2.75, 3.05) is 44.5 Å². The van der Waals surface area contributed by atoms with Crippen LogP contribution in [0.3, 0.4) is 0 Å². The Morgan fingerprint density at radius 3 is 2.44 bits per heavy atom. The largest absolute Gasteiger partial charge is 0.497 e. The fourth-order valence-electron chi connectivity index (χ4n) is 4.66. The maximum absolute atomic E-state index is 13.7. The number of likely N-dealkylation sites (N-methyl/N-ethyl adjacent to an activating group) is 1. The van der Waals surface area contributed by atoms with Crippen molar-refractivity contribution in [3.05, 3.63) is 78.1 Å². The van der Waals surface area contributed by atoms with E-state index < -0.39 is 39.9 Å². The van der Waals surface area contributed by atoms with E-state index in [0.717, 1.165) is 0 Å². The van der Waals surface area contributed by atoms with E-state index in [0.29, 0.717) is 11.4 Å². The molecule has 0 saturated heterocycles. The van der Waals surface area contributed by atoms with Crippen molar-refractivity contribution < 1.29 is 37.0 Å². The number of aliphatic hydroxyl groups excluding tert-OH is 1. The molecule has 4 rings (SSSR count). The van der Waals surface area contributed by atoms with Crippen LogP contribution < -0.4 is 20.1 Å². The number of anilines is 2. The predicted molar refractivity (Wildman–Crippen MR) is 159 cm³/mol. The quantitative estimate of drug-likeness (QED) is 0.331. The van der Waals surface area contributed by atoms with E-state index in [2.05, 4.69) is 10.6 Å². The first-order valence-corrected chi connectivity index (χ1v) is 15.0. The van der Waals surface area contributed by atoms with Crippen LogP contribution in [0.2, 0.25) is 0 Å². The molecule has 3 amide bonds. The molecule has 3 aromatic rings. The lowest BCUT2D eigenvalue weighted by Gasteiger charge is -2.38. The van der Waals surface area contributed by atoms with Gasteiger partial charge in [0, 0.05) is 25.2 Å². The highest BCUT2D eigenvalue weighted by atomic mass is 32.2. The first kappa shape index (κ1) is 31.7. The number of ether oxygens (including phenoxy) is 2. The zero-order valence-corrected chi connectivity index (χ0v) is 25.1. The maximum Gasteiger partial charge on any atom is 0.323 e. The molecule has 0 saturated carbocycles. The van der Waals surface area contributed by atoms with Crippen molar-refractivity contribution >= 4 is 33.3 Å². The third-order valence-electron chi connectivity index (χ3n) is 7.25. The van der Waals surface area contributed by atoms with Crippen molar-refractivity contribution in [1.29, 1.82) is 0 Å². The van der Waals surface area contributed by atoms with Crippen LogP contribution in [0.25, 0.3) is 0 Å². The molecule has 3 atom stereocenters. The SMILES string of the molecule is COc1ccc(S(=O)(=O)N(C)C[C@H]2Oc3c(NC(=O)Nc4ccc(F)cc4)cccc3C(=O)N([C@@H](C)CO)C[C@@H]2C)cc1. The first-order chi connectivity index (χ1) is 20.4. The summed E-state index contributed by atoms with van der Waals surface area (Å²) in [7, 11) is -0.999. The zero-order valence-electron chi connectivity index (χ0n) is 24.3. The number of hydrogen-bond donors (Lipinski definition) is 3. The Kier molecular flexibility index (Phi) is 9.89. The molecule has 0 unspecified atom stereocenters. The number of urea groups is 1. The number of rotatable bonds is 9. The molecule has 0 spiro atoms. The number of hydrogen-bond acceptors (Lipinski definition) is 7. The summed E-state index contributed by atoms with van der Waals surface area (Å²) < 4.78 is 52.9. The van der Waals surface area contributed by atoms with Crippen LogP contribution in [0.4, 0.5) is 20.6 Å². The Bertz CT molecular complexity index is 1550. The minimum absolute atomic E-state index is 0.0590. The minimum atomic E-state index is -3.93. The van der Waals surface area contributed by atoms with Gasteiger partial charge in [-0.05, 0) is 67.6 Å². The molecule has 0 aliphatic carbocycles. The number of benzene rings is 3. The van der Waals surface area contributed by atoms with Gasteiger partial charge in [0.25, 0.3) is 5.91 Å². The Hall–Kier alpha value is -4.20. The van der Waals surface area contributed by atoms with E-state index >= 15 is 0 Å². The lowest BCUT2D eigenvalue weighted by Crippen LogP contribution is -2.50. The molecule has 0 radical (unpaired) electrons. The van der Waals surface area contributed by atoms with Crippen LogP contribution in [0, 0.1) is 11.7 Å². The summed E-state index contributed by atoms with van der Waals surface area (Å²) in [6, 6.07) is 14.7. The summed E-state index contributed by atoms with van der Waals surface area (Å²) in [5.41, 5.74) is 0.647. The first-order valence-electron chi connectivity index (χ1n) is 13.6. The number of carbonyl (C=O) groups excluding carboxylic acids is 2. The number of sulfonamides is 1. The topological polar surface area (TPSA) is 138 Å². The highest BCUT2D eigenvalue weighted by Crippen LogP contribution is 2.35. The van der Waals surface area contributed by atoms with E-state index in [-0.39, 0.29) is 47.5 Å². The summed E-state index contributed by atoms with van der Waals surface area (Å²) in [5, 5.41) is 15.2. The molecule has 11 nitrogen and oxygen atoms in total. The fourth-order valence-corrected chi connectivity index (χ4v) is 5.84. The highest BCUT2D eigenvalue weighted by Gasteiger charge is 2.36. The number of fused-ring (bicyclic) bond motifs is 1. The van der Waals surface area contributed by atoms with Crippen LogP contribution in [0.1, 0.15) is 24.2 Å². The summed E-state index contributed by atoms with van der Waals surface area (Å²) in [4.78, 5) is 28.1. The summed E-state index contributed by atoms with van der Waals surface area (Å²) in [6.45, 7) is 3.35. The third-order valence-corrected chi connectivity index (χ3v) is 9.08. The van der Waals surface area contributed by atoms with Gasteiger partial charge < -0.3 is 30.1 Å². The van der Waals surface area contributed by atoms with Crippen LogP contribution >= 0.6 is 0 Å². The number of para-hydroxylation sites is 1. The van der Waals surface area contributed by atoms with Gasteiger partial charge in [-0.15, -0.1) is 0 Å². The molecular weight excluding hydrogens is 579 g/mol. The molecular formula is C30H35FN4O7S. The van der Waals surface area contributed by atoms with Crippen molar-refractivity contribution in [1.82, 2.24) is 9.21 Å². The van der Waals surface area contributed by atoms with Gasteiger partial charge in [-0.25, -0.2) is 17.6 Å². The average molecular weight is 615 g/mol. The Labute approximate surface area is 250 Å². The van der Waals surface area contributed by atoms with Crippen molar-refractivity contribution in [3.63, 3.8) is 0 Å². The summed E-state index contributed by atoms with van der Waals surface area (Å²) >= 11 is 0. The lowest BCUT2D eigenvalue weighted by molar-refractivity contribution is 0.0389. The van der Waals surface area contributed by atoms with E-state index in [4.69, 9.17) is 9.47 Å². The molecule has 1 aliphatic rings. The number of nitrogens with zero attached hydrogens (tertiary/aromatic N) is 2. The molecule has 13 heteroatoms. The van der Waals surface area contributed by atoms with E-state index in [1.165, 1.54) is 59.8 Å². The second-order valence-corrected chi connectivity index (χ2v) is 12.4. The molecule has 3 N–H and O–H groups in total. The van der Waals surface area contributed by atoms with E-state index in [1.54, 1.807) is 37.3 Å². The average Bonchev–Trinajstić information content (AvgIpc) is 2.99. The van der Waals surface area contributed by atoms with Crippen molar-refractivity contribution in [3.8, 4) is 11.5 Å². The summed E-state index contributed by atoms with van der Waals surface area (Å²) in [6.07, 6.45) is -0.763. The van der Waals surface area contributed by atoms with Crippen LogP contribution in [0.15, 0.2) is 71.6 Å². The molecule has 0 aromatic heterocycles. The van der Waals surface area contributed by atoms with Gasteiger partial charge in [0.05, 0.1) is 42.4 Å². The van der Waals surface area contributed by atoms with Crippen molar-refractivity contribution in [2.45, 2.75) is 30.9 Å². The normalized spacial score (nSPS) is 17.7. The number of halogens is 1. The molecule has 1 heterocycles. The van der Waals surface area contributed by atoms with Crippen LogP contribution in [-0.2, 0) is 10.0 Å². The minimum Gasteiger partial charge on any atom is -0.497 e. The number of methoxy groups -OCH3 is 1. The number of carbonyl (C=O) groups is 2. The van der Waals surface area contributed by atoms with Gasteiger partial charge in [0.2, 0.25) is 10.0 Å². The van der Waals surface area contributed by atoms with Gasteiger partial charge in [-0.1, -0.05) is 13.0 Å². The lowest BCUT2D eigenvalue weighted by atomic mass is 9.99. The number of amides is 3. The van der Waals surface area contributed by atoms with E-state index in [9.17, 15) is 27.5 Å². The van der Waals surface area contributed by atoms with E-state index in [1.807, 2.05) is 6.92 Å². The molecule has 43 heavy (non-hydrogen) atoms. The molecule has 0 fully saturated rings. The van der Waals surface area contributed by atoms with Gasteiger partial charge in [-0.3, -0.25) is 4.79 Å². The number of nitrogens with one attached hydrogen (secondary N) is 2. The fraction of sp³-hybridized carbons (Fsp3) is 0.333. The van der Waals surface area contributed by atoms with Gasteiger partial charge >= 0.3 is 6.03 Å². The monoisotopic (exact) mass is 614 g/mol. The molecule has 3 aromatic carbocycles. The zero-order chi connectivity index (χ0) is 31.3. The second kappa shape index (κ2) is 13.4. The molecule has 0 bridgehead atoms. The number of aliphatic hydroxyl groups is 1. The smallest absolute Gasteiger partial charge is 0.323 e. The van der Waals surface area contributed by atoms with Crippen LogP contribution in [0.5, 0.6) is 11.5 Å².